The average molecular weight is 265 g/mol. The number of likely N-dealkylation sites (N-methyl/N-ethyl adjacent to an activating group) is 1. The Kier molecular flexibility index (Phi) is 6.21. The van der Waals surface area contributed by atoms with Crippen LogP contribution in [0.2, 0.25) is 0 Å². The van der Waals surface area contributed by atoms with Crippen molar-refractivity contribution in [3.63, 3.8) is 0 Å². The number of carbonyl (C=O) groups excluding carboxylic acids is 1. The van der Waals surface area contributed by atoms with Gasteiger partial charge in [0.05, 0.1) is 0 Å². The molecule has 1 heterocycles. The average Bonchev–Trinajstić information content (AvgIpc) is 2.38. The lowest BCUT2D eigenvalue weighted by Crippen LogP contribution is -2.32. The molecule has 6 heteroatoms. The largest absolute Gasteiger partial charge is 0.352 e. The molecule has 19 heavy (non-hydrogen) atoms. The Morgan fingerprint density at radius 3 is 2.84 bits per heavy atom. The minimum absolute atomic E-state index is 0.170. The maximum atomic E-state index is 11.9. The number of carbonyl (C=O) groups is 1. The van der Waals surface area contributed by atoms with Gasteiger partial charge < -0.3 is 15.5 Å². The summed E-state index contributed by atoms with van der Waals surface area (Å²) in [6.45, 7) is 5.53. The molecular formula is C13H23N5O. The fourth-order valence-electron chi connectivity index (χ4n) is 1.36. The quantitative estimate of drug-likeness (QED) is 0.769. The van der Waals surface area contributed by atoms with Crippen molar-refractivity contribution < 1.29 is 4.79 Å². The smallest absolute Gasteiger partial charge is 0.270 e. The van der Waals surface area contributed by atoms with E-state index in [1.54, 1.807) is 12.3 Å². The standard InChI is InChI=1S/C13H23N5O/c1-5-10(2)16-13-15-7-6-11(17-13)12(19)14-8-9-18(3)4/h6-7,10H,5,8-9H2,1-4H3,(H,14,19)(H,15,16,17). The van der Waals surface area contributed by atoms with E-state index in [4.69, 9.17) is 0 Å². The molecule has 2 N–H and O–H groups in total. The van der Waals surface area contributed by atoms with E-state index in [1.165, 1.54) is 0 Å². The zero-order chi connectivity index (χ0) is 14.3. The highest BCUT2D eigenvalue weighted by atomic mass is 16.1. The van der Waals surface area contributed by atoms with Crippen LogP contribution in [0.1, 0.15) is 30.8 Å². The molecule has 1 amide bonds. The van der Waals surface area contributed by atoms with Crippen molar-refractivity contribution in [1.29, 1.82) is 0 Å². The molecule has 6 nitrogen and oxygen atoms in total. The summed E-state index contributed by atoms with van der Waals surface area (Å²) < 4.78 is 0. The first-order chi connectivity index (χ1) is 9.02. The van der Waals surface area contributed by atoms with Crippen LogP contribution >= 0.6 is 0 Å². The van der Waals surface area contributed by atoms with Crippen molar-refractivity contribution in [1.82, 2.24) is 20.2 Å². The van der Waals surface area contributed by atoms with Gasteiger partial charge in [0.15, 0.2) is 0 Å². The monoisotopic (exact) mass is 265 g/mol. The van der Waals surface area contributed by atoms with E-state index in [9.17, 15) is 4.79 Å². The molecular weight excluding hydrogens is 242 g/mol. The summed E-state index contributed by atoms with van der Waals surface area (Å²) >= 11 is 0. The van der Waals surface area contributed by atoms with Gasteiger partial charge in [-0.05, 0) is 33.5 Å². The van der Waals surface area contributed by atoms with E-state index in [2.05, 4.69) is 27.5 Å². The first-order valence-electron chi connectivity index (χ1n) is 6.55. The summed E-state index contributed by atoms with van der Waals surface area (Å²) in [6, 6.07) is 1.90. The van der Waals surface area contributed by atoms with Crippen LogP contribution in [-0.4, -0.2) is 54.0 Å². The van der Waals surface area contributed by atoms with Crippen molar-refractivity contribution in [3.8, 4) is 0 Å². The molecule has 0 aliphatic rings. The maximum absolute atomic E-state index is 11.9. The van der Waals surface area contributed by atoms with Gasteiger partial charge in [-0.1, -0.05) is 6.92 Å². The number of hydrogen-bond donors (Lipinski definition) is 2. The van der Waals surface area contributed by atoms with Crippen LogP contribution in [-0.2, 0) is 0 Å². The highest BCUT2D eigenvalue weighted by molar-refractivity contribution is 5.92. The Labute approximate surface area is 114 Å². The number of nitrogens with zero attached hydrogens (tertiary/aromatic N) is 3. The normalized spacial score (nSPS) is 12.3. The fourth-order valence-corrected chi connectivity index (χ4v) is 1.36. The van der Waals surface area contributed by atoms with Crippen molar-refractivity contribution in [2.45, 2.75) is 26.3 Å². The molecule has 1 atom stereocenters. The number of amides is 1. The SMILES string of the molecule is CCC(C)Nc1nccc(C(=O)NCCN(C)C)n1. The first kappa shape index (κ1) is 15.4. The molecule has 1 unspecified atom stereocenters. The Morgan fingerprint density at radius 1 is 1.47 bits per heavy atom. The predicted molar refractivity (Wildman–Crippen MR) is 76.3 cm³/mol. The predicted octanol–water partition coefficient (Wildman–Crippen LogP) is 0.978. The van der Waals surface area contributed by atoms with Crippen molar-refractivity contribution in [3.05, 3.63) is 18.0 Å². The van der Waals surface area contributed by atoms with E-state index in [0.717, 1.165) is 13.0 Å². The Hall–Kier alpha value is -1.69. The lowest BCUT2D eigenvalue weighted by Gasteiger charge is -2.12. The van der Waals surface area contributed by atoms with Crippen LogP contribution in [0, 0.1) is 0 Å². The van der Waals surface area contributed by atoms with Gasteiger partial charge in [-0.15, -0.1) is 0 Å². The molecule has 0 spiro atoms. The molecule has 1 aromatic heterocycles. The van der Waals surface area contributed by atoms with Crippen LogP contribution in [0.5, 0.6) is 0 Å². The van der Waals surface area contributed by atoms with E-state index >= 15 is 0 Å². The Balaban J connectivity index is 2.57. The van der Waals surface area contributed by atoms with E-state index in [0.29, 0.717) is 18.2 Å². The van der Waals surface area contributed by atoms with Crippen LogP contribution in [0.4, 0.5) is 5.95 Å². The molecule has 0 bridgehead atoms. The lowest BCUT2D eigenvalue weighted by atomic mass is 10.3. The van der Waals surface area contributed by atoms with Gasteiger partial charge in [0.1, 0.15) is 5.69 Å². The lowest BCUT2D eigenvalue weighted by molar-refractivity contribution is 0.0946. The summed E-state index contributed by atoms with van der Waals surface area (Å²) in [5.74, 6) is 0.325. The first-order valence-corrected chi connectivity index (χ1v) is 6.55. The summed E-state index contributed by atoms with van der Waals surface area (Å²) in [7, 11) is 3.93. The topological polar surface area (TPSA) is 70.2 Å². The summed E-state index contributed by atoms with van der Waals surface area (Å²) in [6.07, 6.45) is 2.57. The zero-order valence-corrected chi connectivity index (χ0v) is 12.1. The maximum Gasteiger partial charge on any atom is 0.270 e. The van der Waals surface area contributed by atoms with Crippen LogP contribution in [0.15, 0.2) is 12.3 Å². The summed E-state index contributed by atoms with van der Waals surface area (Å²) in [5, 5.41) is 5.98. The van der Waals surface area contributed by atoms with Gasteiger partial charge in [-0.3, -0.25) is 4.79 Å². The van der Waals surface area contributed by atoms with Gasteiger partial charge in [0.2, 0.25) is 5.95 Å². The van der Waals surface area contributed by atoms with Crippen LogP contribution < -0.4 is 10.6 Å². The molecule has 1 aromatic rings. The minimum atomic E-state index is -0.170. The third-order valence-corrected chi connectivity index (χ3v) is 2.72. The van der Waals surface area contributed by atoms with E-state index < -0.39 is 0 Å². The number of hydrogen-bond acceptors (Lipinski definition) is 5. The molecule has 0 aliphatic heterocycles. The van der Waals surface area contributed by atoms with Gasteiger partial charge >= 0.3 is 0 Å². The second-order valence-corrected chi connectivity index (χ2v) is 4.78. The second kappa shape index (κ2) is 7.68. The van der Waals surface area contributed by atoms with Crippen LogP contribution in [0.25, 0.3) is 0 Å². The second-order valence-electron chi connectivity index (χ2n) is 4.78. The molecule has 0 fully saturated rings. The van der Waals surface area contributed by atoms with Crippen molar-refractivity contribution in [2.75, 3.05) is 32.5 Å². The molecule has 0 aromatic carbocycles. The van der Waals surface area contributed by atoms with Crippen molar-refractivity contribution >= 4 is 11.9 Å². The Morgan fingerprint density at radius 2 is 2.21 bits per heavy atom. The fraction of sp³-hybridized carbons (Fsp3) is 0.615. The van der Waals surface area contributed by atoms with Gasteiger partial charge in [-0.2, -0.15) is 0 Å². The van der Waals surface area contributed by atoms with E-state index in [1.807, 2.05) is 25.9 Å². The number of aromatic nitrogens is 2. The number of nitrogens with one attached hydrogen (secondary N) is 2. The van der Waals surface area contributed by atoms with Gasteiger partial charge in [0, 0.05) is 25.3 Å². The molecule has 0 saturated carbocycles. The van der Waals surface area contributed by atoms with Crippen LogP contribution in [0.3, 0.4) is 0 Å². The number of anilines is 1. The summed E-state index contributed by atoms with van der Waals surface area (Å²) in [5.41, 5.74) is 0.388. The Bertz CT molecular complexity index is 408. The molecule has 0 aliphatic carbocycles. The molecule has 106 valence electrons. The third-order valence-electron chi connectivity index (χ3n) is 2.72. The van der Waals surface area contributed by atoms with Gasteiger partial charge in [0.25, 0.3) is 5.91 Å². The molecule has 1 rings (SSSR count). The minimum Gasteiger partial charge on any atom is -0.352 e. The number of rotatable bonds is 7. The molecule has 0 radical (unpaired) electrons. The van der Waals surface area contributed by atoms with Crippen molar-refractivity contribution in [2.24, 2.45) is 0 Å². The third kappa shape index (κ3) is 5.65. The molecule has 0 saturated heterocycles. The zero-order valence-electron chi connectivity index (χ0n) is 12.1. The van der Waals surface area contributed by atoms with E-state index in [-0.39, 0.29) is 11.9 Å². The highest BCUT2D eigenvalue weighted by Gasteiger charge is 2.09. The highest BCUT2D eigenvalue weighted by Crippen LogP contribution is 2.04. The van der Waals surface area contributed by atoms with Gasteiger partial charge in [-0.25, -0.2) is 9.97 Å². The summed E-state index contributed by atoms with van der Waals surface area (Å²) in [4.78, 5) is 22.2.